The number of hydrogen-bond donors (Lipinski definition) is 1. The molecule has 0 bridgehead atoms. The number of alkyl halides is 1. The number of benzene rings is 1. The SMILES string of the molecule is COc1ncnc(Nc2ccc(CCCl)cc2)c1C. The van der Waals surface area contributed by atoms with Crippen molar-refractivity contribution in [2.45, 2.75) is 13.3 Å². The molecule has 5 heteroatoms. The summed E-state index contributed by atoms with van der Waals surface area (Å²) in [7, 11) is 1.60. The Morgan fingerprint density at radius 1 is 1.21 bits per heavy atom. The first-order valence-electron chi connectivity index (χ1n) is 6.02. The van der Waals surface area contributed by atoms with E-state index in [2.05, 4.69) is 27.4 Å². The zero-order chi connectivity index (χ0) is 13.7. The van der Waals surface area contributed by atoms with Gasteiger partial charge in [0.2, 0.25) is 5.88 Å². The first kappa shape index (κ1) is 13.6. The number of rotatable bonds is 5. The molecule has 2 rings (SSSR count). The van der Waals surface area contributed by atoms with E-state index in [9.17, 15) is 0 Å². The lowest BCUT2D eigenvalue weighted by atomic mass is 10.1. The van der Waals surface area contributed by atoms with Gasteiger partial charge < -0.3 is 10.1 Å². The normalized spacial score (nSPS) is 10.3. The number of nitrogens with zero attached hydrogens (tertiary/aromatic N) is 2. The Morgan fingerprint density at radius 2 is 1.95 bits per heavy atom. The molecule has 1 heterocycles. The minimum atomic E-state index is 0.580. The molecule has 0 aliphatic heterocycles. The molecule has 100 valence electrons. The van der Waals surface area contributed by atoms with Crippen molar-refractivity contribution in [1.82, 2.24) is 9.97 Å². The number of aromatic nitrogens is 2. The highest BCUT2D eigenvalue weighted by molar-refractivity contribution is 6.17. The standard InChI is InChI=1S/C14H16ClN3O/c1-10-13(16-9-17-14(10)19-2)18-12-5-3-11(4-6-12)7-8-15/h3-6,9H,7-8H2,1-2H3,(H,16,17,18). The lowest BCUT2D eigenvalue weighted by Gasteiger charge is -2.10. The number of methoxy groups -OCH3 is 1. The smallest absolute Gasteiger partial charge is 0.221 e. The molecule has 0 saturated carbocycles. The fourth-order valence-corrected chi connectivity index (χ4v) is 1.98. The van der Waals surface area contributed by atoms with Crippen LogP contribution in [0.25, 0.3) is 0 Å². The Hall–Kier alpha value is -1.81. The molecule has 0 aliphatic rings. The van der Waals surface area contributed by atoms with Crippen molar-refractivity contribution in [2.24, 2.45) is 0 Å². The topological polar surface area (TPSA) is 47.0 Å². The van der Waals surface area contributed by atoms with E-state index in [0.717, 1.165) is 23.5 Å². The van der Waals surface area contributed by atoms with Crippen molar-refractivity contribution in [3.63, 3.8) is 0 Å². The first-order chi connectivity index (χ1) is 9.24. The Kier molecular flexibility index (Phi) is 4.58. The van der Waals surface area contributed by atoms with Crippen molar-refractivity contribution in [2.75, 3.05) is 18.3 Å². The average Bonchev–Trinajstić information content (AvgIpc) is 2.43. The van der Waals surface area contributed by atoms with Crippen LogP contribution in [0.1, 0.15) is 11.1 Å². The van der Waals surface area contributed by atoms with Crippen molar-refractivity contribution in [1.29, 1.82) is 0 Å². The minimum absolute atomic E-state index is 0.580. The molecular weight excluding hydrogens is 262 g/mol. The number of anilines is 2. The fraction of sp³-hybridized carbons (Fsp3) is 0.286. The van der Waals surface area contributed by atoms with Gasteiger partial charge >= 0.3 is 0 Å². The maximum Gasteiger partial charge on any atom is 0.221 e. The van der Waals surface area contributed by atoms with Gasteiger partial charge in [0, 0.05) is 11.6 Å². The van der Waals surface area contributed by atoms with Gasteiger partial charge in [-0.2, -0.15) is 0 Å². The van der Waals surface area contributed by atoms with Crippen LogP contribution < -0.4 is 10.1 Å². The predicted molar refractivity (Wildman–Crippen MR) is 77.5 cm³/mol. The van der Waals surface area contributed by atoms with E-state index >= 15 is 0 Å². The molecule has 0 saturated heterocycles. The number of hydrogen-bond acceptors (Lipinski definition) is 4. The molecule has 0 aliphatic carbocycles. The van der Waals surface area contributed by atoms with Crippen LogP contribution in [-0.2, 0) is 6.42 Å². The van der Waals surface area contributed by atoms with Crippen LogP contribution in [0.15, 0.2) is 30.6 Å². The molecule has 0 unspecified atom stereocenters. The third-order valence-corrected chi connectivity index (χ3v) is 3.02. The van der Waals surface area contributed by atoms with Crippen LogP contribution >= 0.6 is 11.6 Å². The van der Waals surface area contributed by atoms with E-state index < -0.39 is 0 Å². The summed E-state index contributed by atoms with van der Waals surface area (Å²) < 4.78 is 5.17. The highest BCUT2D eigenvalue weighted by atomic mass is 35.5. The second-order valence-electron chi connectivity index (χ2n) is 4.12. The Labute approximate surface area is 117 Å². The summed E-state index contributed by atoms with van der Waals surface area (Å²) in [5.74, 6) is 1.96. The molecule has 0 amide bonds. The van der Waals surface area contributed by atoms with Gasteiger partial charge in [-0.15, -0.1) is 11.6 Å². The molecule has 2 aromatic rings. The van der Waals surface area contributed by atoms with E-state index in [4.69, 9.17) is 16.3 Å². The lowest BCUT2D eigenvalue weighted by molar-refractivity contribution is 0.394. The molecule has 0 radical (unpaired) electrons. The zero-order valence-corrected chi connectivity index (χ0v) is 11.7. The monoisotopic (exact) mass is 277 g/mol. The summed E-state index contributed by atoms with van der Waals surface area (Å²) in [5.41, 5.74) is 3.08. The number of aryl methyl sites for hydroxylation is 1. The van der Waals surface area contributed by atoms with Crippen LogP contribution in [0.4, 0.5) is 11.5 Å². The van der Waals surface area contributed by atoms with Crippen molar-refractivity contribution < 1.29 is 4.74 Å². The predicted octanol–water partition coefficient (Wildman–Crippen LogP) is 3.32. The van der Waals surface area contributed by atoms with Crippen molar-refractivity contribution in [3.05, 3.63) is 41.7 Å². The third-order valence-electron chi connectivity index (χ3n) is 2.83. The second kappa shape index (κ2) is 6.38. The Morgan fingerprint density at radius 3 is 2.58 bits per heavy atom. The third kappa shape index (κ3) is 3.35. The van der Waals surface area contributed by atoms with Crippen molar-refractivity contribution in [3.8, 4) is 5.88 Å². The summed E-state index contributed by atoms with van der Waals surface area (Å²) in [4.78, 5) is 8.27. The maximum atomic E-state index is 5.71. The quantitative estimate of drug-likeness (QED) is 0.852. The van der Waals surface area contributed by atoms with Gasteiger partial charge in [-0.3, -0.25) is 0 Å². The molecular formula is C14H16ClN3O. The van der Waals surface area contributed by atoms with E-state index in [1.165, 1.54) is 11.9 Å². The van der Waals surface area contributed by atoms with Crippen molar-refractivity contribution >= 4 is 23.1 Å². The van der Waals surface area contributed by atoms with Gasteiger partial charge in [0.15, 0.2) is 0 Å². The van der Waals surface area contributed by atoms with Gasteiger partial charge in [-0.25, -0.2) is 9.97 Å². The molecule has 1 N–H and O–H groups in total. The average molecular weight is 278 g/mol. The zero-order valence-electron chi connectivity index (χ0n) is 11.0. The number of ether oxygens (including phenoxy) is 1. The lowest BCUT2D eigenvalue weighted by Crippen LogP contribution is -2.00. The van der Waals surface area contributed by atoms with Crippen LogP contribution in [0.3, 0.4) is 0 Å². The molecule has 0 atom stereocenters. The first-order valence-corrected chi connectivity index (χ1v) is 6.55. The molecule has 0 fully saturated rings. The van der Waals surface area contributed by atoms with E-state index in [1.54, 1.807) is 7.11 Å². The second-order valence-corrected chi connectivity index (χ2v) is 4.50. The maximum absolute atomic E-state index is 5.71. The largest absolute Gasteiger partial charge is 0.481 e. The van der Waals surface area contributed by atoms with Crippen LogP contribution in [-0.4, -0.2) is 23.0 Å². The summed E-state index contributed by atoms with van der Waals surface area (Å²) in [6, 6.07) is 8.13. The van der Waals surface area contributed by atoms with E-state index in [1.807, 2.05) is 19.1 Å². The molecule has 1 aromatic carbocycles. The van der Waals surface area contributed by atoms with Gasteiger partial charge in [-0.05, 0) is 31.0 Å². The van der Waals surface area contributed by atoms with Gasteiger partial charge in [0.1, 0.15) is 12.1 Å². The van der Waals surface area contributed by atoms with Gasteiger partial charge in [-0.1, -0.05) is 12.1 Å². The number of nitrogens with one attached hydrogen (secondary N) is 1. The Bertz CT molecular complexity index is 543. The van der Waals surface area contributed by atoms with E-state index in [0.29, 0.717) is 11.8 Å². The van der Waals surface area contributed by atoms with E-state index in [-0.39, 0.29) is 0 Å². The summed E-state index contributed by atoms with van der Waals surface area (Å²) in [6.45, 7) is 1.92. The fourth-order valence-electron chi connectivity index (χ4n) is 1.77. The molecule has 1 aromatic heterocycles. The molecule has 0 spiro atoms. The summed E-state index contributed by atoms with van der Waals surface area (Å²) in [6.07, 6.45) is 2.36. The highest BCUT2D eigenvalue weighted by Gasteiger charge is 2.07. The van der Waals surface area contributed by atoms with Crippen LogP contribution in [0.5, 0.6) is 5.88 Å². The Balaban J connectivity index is 2.16. The van der Waals surface area contributed by atoms with Crippen LogP contribution in [0, 0.1) is 6.92 Å². The number of halogens is 1. The molecule has 19 heavy (non-hydrogen) atoms. The van der Waals surface area contributed by atoms with Crippen LogP contribution in [0.2, 0.25) is 0 Å². The van der Waals surface area contributed by atoms with Gasteiger partial charge in [0.25, 0.3) is 0 Å². The summed E-state index contributed by atoms with van der Waals surface area (Å²) in [5, 5.41) is 3.25. The van der Waals surface area contributed by atoms with Gasteiger partial charge in [0.05, 0.1) is 12.7 Å². The molecule has 4 nitrogen and oxygen atoms in total. The highest BCUT2D eigenvalue weighted by Crippen LogP contribution is 2.23. The summed E-state index contributed by atoms with van der Waals surface area (Å²) >= 11 is 5.71. The minimum Gasteiger partial charge on any atom is -0.481 e.